The molecule has 4 rings (SSSR count). The minimum Gasteiger partial charge on any atom is -0.274 e. The molecule has 124 valence electrons. The van der Waals surface area contributed by atoms with E-state index >= 15 is 0 Å². The summed E-state index contributed by atoms with van der Waals surface area (Å²) in [6.45, 7) is 4.12. The third kappa shape index (κ3) is 3.05. The molecule has 0 radical (unpaired) electrons. The van der Waals surface area contributed by atoms with E-state index in [1.807, 2.05) is 6.92 Å². The summed E-state index contributed by atoms with van der Waals surface area (Å²) in [5.74, 6) is 1.78. The molecular weight excluding hydrogens is 326 g/mol. The van der Waals surface area contributed by atoms with Gasteiger partial charge >= 0.3 is 0 Å². The lowest BCUT2D eigenvalue weighted by atomic mass is 10.1. The van der Waals surface area contributed by atoms with Crippen LogP contribution >= 0.6 is 11.8 Å². The van der Waals surface area contributed by atoms with Crippen LogP contribution in [-0.2, 0) is 5.75 Å². The molecule has 0 aliphatic heterocycles. The van der Waals surface area contributed by atoms with E-state index in [9.17, 15) is 0 Å². The summed E-state index contributed by atoms with van der Waals surface area (Å²) in [6, 6.07) is 23.3. The number of benzene rings is 3. The maximum absolute atomic E-state index is 4.40. The summed E-state index contributed by atoms with van der Waals surface area (Å²) in [6.07, 6.45) is 0. The van der Waals surface area contributed by atoms with Crippen molar-refractivity contribution in [2.24, 2.45) is 0 Å². The fourth-order valence-electron chi connectivity index (χ4n) is 3.09. The van der Waals surface area contributed by atoms with Gasteiger partial charge in [-0.05, 0) is 41.8 Å². The Bertz CT molecular complexity index is 1030. The Labute approximate surface area is 151 Å². The van der Waals surface area contributed by atoms with Gasteiger partial charge in [0.15, 0.2) is 5.16 Å². The van der Waals surface area contributed by atoms with Crippen molar-refractivity contribution in [2.45, 2.75) is 24.8 Å². The third-order valence-electron chi connectivity index (χ3n) is 4.39. The number of thioether (sulfide) groups is 1. The number of fused-ring (bicyclic) bond motifs is 1. The lowest BCUT2D eigenvalue weighted by Gasteiger charge is -2.11. The van der Waals surface area contributed by atoms with E-state index < -0.39 is 0 Å². The molecular formula is C21H19N3S. The maximum Gasteiger partial charge on any atom is 0.196 e. The smallest absolute Gasteiger partial charge is 0.196 e. The Balaban J connectivity index is 1.67. The summed E-state index contributed by atoms with van der Waals surface area (Å²) in [4.78, 5) is 0. The highest BCUT2D eigenvalue weighted by atomic mass is 32.2. The van der Waals surface area contributed by atoms with E-state index in [0.717, 1.165) is 22.4 Å². The van der Waals surface area contributed by atoms with Crippen LogP contribution < -0.4 is 0 Å². The molecule has 0 fully saturated rings. The van der Waals surface area contributed by atoms with Gasteiger partial charge in [-0.25, -0.2) is 0 Å². The minimum atomic E-state index is 0.866. The first-order chi connectivity index (χ1) is 12.2. The highest BCUT2D eigenvalue weighted by molar-refractivity contribution is 7.98. The normalized spacial score (nSPS) is 11.1. The zero-order chi connectivity index (χ0) is 17.2. The van der Waals surface area contributed by atoms with Crippen LogP contribution in [0.3, 0.4) is 0 Å². The first-order valence-corrected chi connectivity index (χ1v) is 9.30. The van der Waals surface area contributed by atoms with Gasteiger partial charge in [0.05, 0.1) is 5.69 Å². The average Bonchev–Trinajstić information content (AvgIpc) is 3.01. The first kappa shape index (κ1) is 15.9. The molecule has 1 heterocycles. The van der Waals surface area contributed by atoms with Gasteiger partial charge in [0, 0.05) is 5.75 Å². The largest absolute Gasteiger partial charge is 0.274 e. The molecule has 0 unspecified atom stereocenters. The number of nitrogens with zero attached hydrogens (tertiary/aromatic N) is 3. The van der Waals surface area contributed by atoms with E-state index in [2.05, 4.69) is 88.4 Å². The van der Waals surface area contributed by atoms with Crippen LogP contribution in [-0.4, -0.2) is 14.8 Å². The molecule has 0 aliphatic carbocycles. The lowest BCUT2D eigenvalue weighted by Crippen LogP contribution is -2.01. The maximum atomic E-state index is 4.40. The van der Waals surface area contributed by atoms with E-state index in [0.29, 0.717) is 0 Å². The van der Waals surface area contributed by atoms with Crippen molar-refractivity contribution in [1.29, 1.82) is 0 Å². The zero-order valence-corrected chi connectivity index (χ0v) is 15.1. The standard InChI is InChI=1S/C21H19N3S/c1-15-8-3-6-13-20(15)24-16(2)22-23-21(24)25-14-18-11-7-10-17-9-4-5-12-19(17)18/h3-13H,14H2,1-2H3. The first-order valence-electron chi connectivity index (χ1n) is 8.31. The molecule has 3 nitrogen and oxygen atoms in total. The number of rotatable bonds is 4. The lowest BCUT2D eigenvalue weighted by molar-refractivity contribution is 0.862. The molecule has 0 bridgehead atoms. The van der Waals surface area contributed by atoms with Crippen LogP contribution in [0.2, 0.25) is 0 Å². The molecule has 0 aliphatic rings. The van der Waals surface area contributed by atoms with Gasteiger partial charge in [0.2, 0.25) is 0 Å². The molecule has 0 atom stereocenters. The highest BCUT2D eigenvalue weighted by Crippen LogP contribution is 2.29. The summed E-state index contributed by atoms with van der Waals surface area (Å²) < 4.78 is 2.14. The number of hydrogen-bond donors (Lipinski definition) is 0. The van der Waals surface area contributed by atoms with E-state index in [4.69, 9.17) is 0 Å². The molecule has 0 N–H and O–H groups in total. The van der Waals surface area contributed by atoms with Gasteiger partial charge < -0.3 is 0 Å². The van der Waals surface area contributed by atoms with Gasteiger partial charge in [0.1, 0.15) is 5.82 Å². The molecule has 25 heavy (non-hydrogen) atoms. The third-order valence-corrected chi connectivity index (χ3v) is 5.37. The van der Waals surface area contributed by atoms with Crippen LogP contribution in [0.1, 0.15) is 17.0 Å². The molecule has 4 aromatic rings. The summed E-state index contributed by atoms with van der Waals surface area (Å²) in [5.41, 5.74) is 3.68. The van der Waals surface area contributed by atoms with Crippen molar-refractivity contribution in [3.8, 4) is 5.69 Å². The van der Waals surface area contributed by atoms with Gasteiger partial charge in [-0.2, -0.15) is 0 Å². The second kappa shape index (κ2) is 6.73. The number of aryl methyl sites for hydroxylation is 2. The summed E-state index contributed by atoms with van der Waals surface area (Å²) >= 11 is 1.73. The zero-order valence-electron chi connectivity index (χ0n) is 14.3. The monoisotopic (exact) mass is 345 g/mol. The second-order valence-corrected chi connectivity index (χ2v) is 7.02. The van der Waals surface area contributed by atoms with Crippen molar-refractivity contribution in [3.63, 3.8) is 0 Å². The second-order valence-electron chi connectivity index (χ2n) is 6.08. The molecule has 0 spiro atoms. The number of para-hydroxylation sites is 1. The van der Waals surface area contributed by atoms with Crippen molar-refractivity contribution in [2.75, 3.05) is 0 Å². The number of hydrogen-bond acceptors (Lipinski definition) is 3. The van der Waals surface area contributed by atoms with E-state index in [1.165, 1.54) is 21.9 Å². The van der Waals surface area contributed by atoms with Gasteiger partial charge in [-0.3, -0.25) is 4.57 Å². The SMILES string of the molecule is Cc1ccccc1-n1c(C)nnc1SCc1cccc2ccccc12. The topological polar surface area (TPSA) is 30.7 Å². The molecule has 0 saturated carbocycles. The van der Waals surface area contributed by atoms with Crippen LogP contribution in [0, 0.1) is 13.8 Å². The van der Waals surface area contributed by atoms with E-state index in [1.54, 1.807) is 11.8 Å². The Morgan fingerprint density at radius 3 is 2.48 bits per heavy atom. The van der Waals surface area contributed by atoms with Crippen LogP contribution in [0.25, 0.3) is 16.5 Å². The highest BCUT2D eigenvalue weighted by Gasteiger charge is 2.13. The predicted molar refractivity (Wildman–Crippen MR) is 104 cm³/mol. The van der Waals surface area contributed by atoms with Crippen LogP contribution in [0.15, 0.2) is 71.9 Å². The summed E-state index contributed by atoms with van der Waals surface area (Å²) in [5, 5.41) is 12.2. The van der Waals surface area contributed by atoms with Gasteiger partial charge in [-0.1, -0.05) is 72.4 Å². The molecule has 0 amide bonds. The minimum absolute atomic E-state index is 0.866. The molecule has 0 saturated heterocycles. The fourth-order valence-corrected chi connectivity index (χ4v) is 4.08. The fraction of sp³-hybridized carbons (Fsp3) is 0.143. The van der Waals surface area contributed by atoms with E-state index in [-0.39, 0.29) is 0 Å². The van der Waals surface area contributed by atoms with Crippen molar-refractivity contribution >= 4 is 22.5 Å². The van der Waals surface area contributed by atoms with Crippen LogP contribution in [0.5, 0.6) is 0 Å². The molecule has 4 heteroatoms. The van der Waals surface area contributed by atoms with Crippen LogP contribution in [0.4, 0.5) is 0 Å². The van der Waals surface area contributed by atoms with Gasteiger partial charge in [0.25, 0.3) is 0 Å². The van der Waals surface area contributed by atoms with Crippen molar-refractivity contribution in [3.05, 3.63) is 83.7 Å². The number of aromatic nitrogens is 3. The molecule has 3 aromatic carbocycles. The molecule has 1 aromatic heterocycles. The van der Waals surface area contributed by atoms with Crippen molar-refractivity contribution < 1.29 is 0 Å². The Morgan fingerprint density at radius 1 is 0.840 bits per heavy atom. The average molecular weight is 345 g/mol. The van der Waals surface area contributed by atoms with Crippen molar-refractivity contribution in [1.82, 2.24) is 14.8 Å². The summed E-state index contributed by atoms with van der Waals surface area (Å²) in [7, 11) is 0. The van der Waals surface area contributed by atoms with Gasteiger partial charge in [-0.15, -0.1) is 10.2 Å². The quantitative estimate of drug-likeness (QED) is 0.468. The predicted octanol–water partition coefficient (Wildman–Crippen LogP) is 5.33. The Kier molecular flexibility index (Phi) is 4.28. The Morgan fingerprint density at radius 2 is 1.60 bits per heavy atom. The Hall–Kier alpha value is -2.59.